The molecule has 2 atom stereocenters. The minimum Gasteiger partial charge on any atom is -0.477 e. The van der Waals surface area contributed by atoms with Gasteiger partial charge in [-0.3, -0.25) is 0 Å². The second kappa shape index (κ2) is 3.90. The molecular formula is C11H14N2O2. The van der Waals surface area contributed by atoms with Crippen LogP contribution < -0.4 is 11.1 Å². The summed E-state index contributed by atoms with van der Waals surface area (Å²) in [6.45, 7) is 0.618. The van der Waals surface area contributed by atoms with E-state index in [1.807, 2.05) is 12.2 Å². The summed E-state index contributed by atoms with van der Waals surface area (Å²) in [6.07, 6.45) is 8.70. The smallest absolute Gasteiger partial charge is 0.351 e. The monoisotopic (exact) mass is 206 g/mol. The molecule has 15 heavy (non-hydrogen) atoms. The van der Waals surface area contributed by atoms with Crippen LogP contribution in [0.4, 0.5) is 0 Å². The molecule has 4 heteroatoms. The molecule has 2 rings (SSSR count). The van der Waals surface area contributed by atoms with Crippen LogP contribution >= 0.6 is 0 Å². The highest BCUT2D eigenvalue weighted by Crippen LogP contribution is 2.25. The van der Waals surface area contributed by atoms with E-state index in [1.54, 1.807) is 6.08 Å². The summed E-state index contributed by atoms with van der Waals surface area (Å²) in [5.74, 6) is -0.732. The van der Waals surface area contributed by atoms with Gasteiger partial charge in [-0.2, -0.15) is 0 Å². The van der Waals surface area contributed by atoms with Crippen molar-refractivity contribution < 1.29 is 9.90 Å². The van der Waals surface area contributed by atoms with Crippen molar-refractivity contribution in [2.75, 3.05) is 6.54 Å². The predicted octanol–water partition coefficient (Wildman–Crippen LogP) is 0.388. The van der Waals surface area contributed by atoms with E-state index in [9.17, 15) is 4.79 Å². The molecule has 0 saturated carbocycles. The Balaban J connectivity index is 2.11. The van der Waals surface area contributed by atoms with Crippen LogP contribution in [-0.2, 0) is 4.79 Å². The normalized spacial score (nSPS) is 27.8. The Kier molecular flexibility index (Phi) is 2.60. The molecule has 0 aromatic heterocycles. The molecule has 0 radical (unpaired) electrons. The molecule has 2 aliphatic rings. The largest absolute Gasteiger partial charge is 0.477 e. The zero-order valence-corrected chi connectivity index (χ0v) is 8.31. The van der Waals surface area contributed by atoms with Crippen LogP contribution in [0, 0.1) is 5.92 Å². The lowest BCUT2D eigenvalue weighted by Crippen LogP contribution is -2.29. The van der Waals surface area contributed by atoms with E-state index < -0.39 is 5.97 Å². The van der Waals surface area contributed by atoms with Gasteiger partial charge >= 0.3 is 5.97 Å². The summed E-state index contributed by atoms with van der Waals surface area (Å²) in [4.78, 5) is 10.8. The number of fused-ring (bicyclic) bond motifs is 1. The van der Waals surface area contributed by atoms with Gasteiger partial charge in [-0.15, -0.1) is 0 Å². The van der Waals surface area contributed by atoms with Crippen LogP contribution in [0.25, 0.3) is 0 Å². The van der Waals surface area contributed by atoms with Gasteiger partial charge in [0, 0.05) is 5.92 Å². The molecule has 0 aromatic carbocycles. The third-order valence-corrected chi connectivity index (χ3v) is 2.69. The molecule has 1 aliphatic carbocycles. The number of carboxylic acids is 1. The molecule has 1 aliphatic heterocycles. The maximum atomic E-state index is 10.8. The van der Waals surface area contributed by atoms with Gasteiger partial charge in [-0.05, 0) is 24.6 Å². The lowest BCUT2D eigenvalue weighted by atomic mass is 9.92. The number of carbonyl (C=O) groups is 1. The predicted molar refractivity (Wildman–Crippen MR) is 57.0 cm³/mol. The average Bonchev–Trinajstić information content (AvgIpc) is 2.61. The number of nitrogens with one attached hydrogen (secondary N) is 1. The number of hydrogen-bond acceptors (Lipinski definition) is 3. The van der Waals surface area contributed by atoms with Crippen LogP contribution in [-0.4, -0.2) is 23.7 Å². The van der Waals surface area contributed by atoms with Crippen molar-refractivity contribution in [2.45, 2.75) is 12.5 Å². The fourth-order valence-corrected chi connectivity index (χ4v) is 1.94. The molecule has 2 unspecified atom stereocenters. The summed E-state index contributed by atoms with van der Waals surface area (Å²) in [5.41, 5.74) is 6.93. The number of nitrogens with two attached hydrogens (primary N) is 1. The number of hydrogen-bond donors (Lipinski definition) is 3. The quantitative estimate of drug-likeness (QED) is 0.624. The molecular weight excluding hydrogens is 192 g/mol. The minimum absolute atomic E-state index is 0.0858. The van der Waals surface area contributed by atoms with Crippen molar-refractivity contribution >= 4 is 5.97 Å². The first-order valence-corrected chi connectivity index (χ1v) is 5.01. The van der Waals surface area contributed by atoms with Gasteiger partial charge in [0.1, 0.15) is 5.70 Å². The Bertz CT molecular complexity index is 369. The third kappa shape index (κ3) is 1.94. The highest BCUT2D eigenvalue weighted by molar-refractivity contribution is 5.86. The maximum absolute atomic E-state index is 10.8. The highest BCUT2D eigenvalue weighted by Gasteiger charge is 2.28. The summed E-state index contributed by atoms with van der Waals surface area (Å²) < 4.78 is 0. The molecule has 0 spiro atoms. The molecule has 0 saturated heterocycles. The van der Waals surface area contributed by atoms with Gasteiger partial charge in [-0.25, -0.2) is 4.79 Å². The summed E-state index contributed by atoms with van der Waals surface area (Å²) >= 11 is 0. The van der Waals surface area contributed by atoms with Gasteiger partial charge in [0.15, 0.2) is 0 Å². The molecule has 0 aromatic rings. The molecule has 0 fully saturated rings. The van der Waals surface area contributed by atoms with Crippen molar-refractivity contribution in [2.24, 2.45) is 11.7 Å². The van der Waals surface area contributed by atoms with Gasteiger partial charge in [0.25, 0.3) is 0 Å². The summed E-state index contributed by atoms with van der Waals surface area (Å²) in [6, 6.07) is 0.0858. The van der Waals surface area contributed by atoms with E-state index in [4.69, 9.17) is 10.8 Å². The van der Waals surface area contributed by atoms with E-state index >= 15 is 0 Å². The Morgan fingerprint density at radius 1 is 1.53 bits per heavy atom. The number of allylic oxidation sites excluding steroid dienone is 1. The van der Waals surface area contributed by atoms with Crippen LogP contribution in [0.5, 0.6) is 0 Å². The molecule has 4 nitrogen and oxygen atoms in total. The Morgan fingerprint density at radius 3 is 3.00 bits per heavy atom. The lowest BCUT2D eigenvalue weighted by molar-refractivity contribution is -0.133. The van der Waals surface area contributed by atoms with Crippen molar-refractivity contribution in [1.82, 2.24) is 5.32 Å². The number of aliphatic carboxylic acids is 1. The molecule has 0 amide bonds. The molecule has 1 heterocycles. The van der Waals surface area contributed by atoms with E-state index in [0.29, 0.717) is 12.2 Å². The number of rotatable bonds is 3. The van der Waals surface area contributed by atoms with E-state index in [2.05, 4.69) is 11.4 Å². The second-order valence-corrected chi connectivity index (χ2v) is 3.77. The van der Waals surface area contributed by atoms with E-state index in [-0.39, 0.29) is 12.0 Å². The van der Waals surface area contributed by atoms with Crippen molar-refractivity contribution in [3.63, 3.8) is 0 Å². The van der Waals surface area contributed by atoms with E-state index in [0.717, 1.165) is 6.42 Å². The second-order valence-electron chi connectivity index (χ2n) is 3.77. The fraction of sp³-hybridized carbons (Fsp3) is 0.364. The van der Waals surface area contributed by atoms with Gasteiger partial charge in [0.2, 0.25) is 0 Å². The first-order chi connectivity index (χ1) is 7.20. The van der Waals surface area contributed by atoms with Gasteiger partial charge in [-0.1, -0.05) is 18.2 Å². The lowest BCUT2D eigenvalue weighted by Gasteiger charge is -2.19. The van der Waals surface area contributed by atoms with Crippen LogP contribution in [0.3, 0.4) is 0 Å². The molecule has 0 bridgehead atoms. The van der Waals surface area contributed by atoms with Crippen molar-refractivity contribution in [3.05, 3.63) is 35.6 Å². The standard InChI is InChI=1S/C11H14N2O2/c12-4-3-7-1-2-8-6-10(11(14)15)13-9(8)5-7/h1-2,5-6,8-9,13H,3-4,12H2,(H,14,15). The molecule has 4 N–H and O–H groups in total. The van der Waals surface area contributed by atoms with Crippen molar-refractivity contribution in [3.8, 4) is 0 Å². The fourth-order valence-electron chi connectivity index (χ4n) is 1.94. The Labute approximate surface area is 88.2 Å². The van der Waals surface area contributed by atoms with Crippen LogP contribution in [0.1, 0.15) is 6.42 Å². The Morgan fingerprint density at radius 2 is 2.33 bits per heavy atom. The summed E-state index contributed by atoms with van der Waals surface area (Å²) in [7, 11) is 0. The van der Waals surface area contributed by atoms with Gasteiger partial charge in [0.05, 0.1) is 6.04 Å². The minimum atomic E-state index is -0.897. The third-order valence-electron chi connectivity index (χ3n) is 2.69. The number of carboxylic acid groups (broad SMARTS) is 1. The average molecular weight is 206 g/mol. The Hall–Kier alpha value is -1.55. The first kappa shape index (κ1) is 9.98. The van der Waals surface area contributed by atoms with Crippen LogP contribution in [0.2, 0.25) is 0 Å². The van der Waals surface area contributed by atoms with Crippen molar-refractivity contribution in [1.29, 1.82) is 0 Å². The maximum Gasteiger partial charge on any atom is 0.351 e. The SMILES string of the molecule is NCCC1=CC2NC(C(=O)O)=CC2C=C1. The molecule has 80 valence electrons. The van der Waals surface area contributed by atoms with Crippen LogP contribution in [0.15, 0.2) is 35.6 Å². The first-order valence-electron chi connectivity index (χ1n) is 5.01. The zero-order valence-electron chi connectivity index (χ0n) is 8.31. The topological polar surface area (TPSA) is 75.3 Å². The zero-order chi connectivity index (χ0) is 10.8. The van der Waals surface area contributed by atoms with E-state index in [1.165, 1.54) is 5.57 Å². The highest BCUT2D eigenvalue weighted by atomic mass is 16.4. The summed E-state index contributed by atoms with van der Waals surface area (Å²) in [5, 5.41) is 11.8. The van der Waals surface area contributed by atoms with Gasteiger partial charge < -0.3 is 16.2 Å².